The van der Waals surface area contributed by atoms with Crippen molar-refractivity contribution < 1.29 is 14.3 Å². The molecule has 0 amide bonds. The number of halogens is 1. The van der Waals surface area contributed by atoms with Crippen LogP contribution in [0.25, 0.3) is 0 Å². The number of anilines is 1. The Bertz CT molecular complexity index is 465. The molecule has 0 radical (unpaired) electrons. The first-order valence-corrected chi connectivity index (χ1v) is 6.85. The van der Waals surface area contributed by atoms with E-state index in [4.69, 9.17) is 5.11 Å². The van der Waals surface area contributed by atoms with E-state index in [-0.39, 0.29) is 5.82 Å². The number of hydrogen-bond acceptors (Lipinski definition) is 3. The molecule has 1 heterocycles. The van der Waals surface area contributed by atoms with E-state index >= 15 is 0 Å². The van der Waals surface area contributed by atoms with Gasteiger partial charge < -0.3 is 10.0 Å². The number of benzene rings is 1. The van der Waals surface area contributed by atoms with Gasteiger partial charge in [0, 0.05) is 38.4 Å². The minimum absolute atomic E-state index is 0.226. The van der Waals surface area contributed by atoms with Gasteiger partial charge in [0.25, 0.3) is 0 Å². The molecule has 1 aliphatic heterocycles. The summed E-state index contributed by atoms with van der Waals surface area (Å²) in [6, 6.07) is 6.50. The van der Waals surface area contributed by atoms with Crippen molar-refractivity contribution >= 4 is 11.7 Å². The maximum Gasteiger partial charge on any atom is 0.310 e. The van der Waals surface area contributed by atoms with Crippen LogP contribution in [0.5, 0.6) is 0 Å². The summed E-state index contributed by atoms with van der Waals surface area (Å²) in [5.41, 5.74) is 0.293. The lowest BCUT2D eigenvalue weighted by atomic mass is 9.93. The van der Waals surface area contributed by atoms with Crippen molar-refractivity contribution in [2.75, 3.05) is 37.6 Å². The van der Waals surface area contributed by atoms with Crippen molar-refractivity contribution in [1.29, 1.82) is 0 Å². The fraction of sp³-hybridized carbons (Fsp3) is 0.533. The standard InChI is InChI=1S/C15H21FN2O2/c1-15(2,14(19)20)11-17-7-9-18(10-8-17)13-5-3-12(16)4-6-13/h3-6H,7-11H2,1-2H3,(H,19,20). The third kappa shape index (κ3) is 3.48. The molecule has 0 saturated carbocycles. The lowest BCUT2D eigenvalue weighted by Gasteiger charge is -2.38. The van der Waals surface area contributed by atoms with E-state index in [1.165, 1.54) is 12.1 Å². The molecule has 0 unspecified atom stereocenters. The number of hydrogen-bond donors (Lipinski definition) is 1. The monoisotopic (exact) mass is 280 g/mol. The molecule has 0 aliphatic carbocycles. The molecule has 2 rings (SSSR count). The summed E-state index contributed by atoms with van der Waals surface area (Å²) in [5, 5.41) is 9.16. The van der Waals surface area contributed by atoms with E-state index in [1.807, 2.05) is 0 Å². The maximum absolute atomic E-state index is 12.9. The SMILES string of the molecule is CC(C)(CN1CCN(c2ccc(F)cc2)CC1)C(=O)O. The van der Waals surface area contributed by atoms with Gasteiger partial charge in [0.2, 0.25) is 0 Å². The summed E-state index contributed by atoms with van der Waals surface area (Å²) >= 11 is 0. The van der Waals surface area contributed by atoms with Crippen LogP contribution in [0.2, 0.25) is 0 Å². The number of carboxylic acid groups (broad SMARTS) is 1. The molecule has 0 spiro atoms. The van der Waals surface area contributed by atoms with Gasteiger partial charge in [-0.1, -0.05) is 0 Å². The fourth-order valence-corrected chi connectivity index (χ4v) is 2.44. The Balaban J connectivity index is 1.89. The molecule has 1 fully saturated rings. The largest absolute Gasteiger partial charge is 0.481 e. The molecule has 1 saturated heterocycles. The number of carboxylic acids is 1. The van der Waals surface area contributed by atoms with Crippen molar-refractivity contribution in [3.05, 3.63) is 30.1 Å². The normalized spacial score (nSPS) is 17.2. The number of carbonyl (C=O) groups is 1. The van der Waals surface area contributed by atoms with Crippen LogP contribution < -0.4 is 4.90 Å². The molecular weight excluding hydrogens is 259 g/mol. The maximum atomic E-state index is 12.9. The van der Waals surface area contributed by atoms with Gasteiger partial charge in [-0.25, -0.2) is 4.39 Å². The summed E-state index contributed by atoms with van der Waals surface area (Å²) in [7, 11) is 0. The Morgan fingerprint density at radius 3 is 2.25 bits per heavy atom. The van der Waals surface area contributed by atoms with Crippen molar-refractivity contribution in [3.63, 3.8) is 0 Å². The number of rotatable bonds is 4. The molecule has 1 N–H and O–H groups in total. The van der Waals surface area contributed by atoms with Gasteiger partial charge in [0.1, 0.15) is 5.82 Å². The van der Waals surface area contributed by atoms with E-state index in [0.717, 1.165) is 31.9 Å². The van der Waals surface area contributed by atoms with Gasteiger partial charge >= 0.3 is 5.97 Å². The van der Waals surface area contributed by atoms with Gasteiger partial charge in [-0.2, -0.15) is 0 Å². The van der Waals surface area contributed by atoms with Crippen LogP contribution in [0.15, 0.2) is 24.3 Å². The second-order valence-electron chi connectivity index (χ2n) is 5.93. The van der Waals surface area contributed by atoms with E-state index in [2.05, 4.69) is 9.80 Å². The molecule has 0 atom stereocenters. The average Bonchev–Trinajstić information content (AvgIpc) is 2.40. The molecule has 0 bridgehead atoms. The van der Waals surface area contributed by atoms with Gasteiger partial charge in [0.15, 0.2) is 0 Å². The van der Waals surface area contributed by atoms with Crippen LogP contribution in [-0.2, 0) is 4.79 Å². The van der Waals surface area contributed by atoms with Crippen molar-refractivity contribution in [2.45, 2.75) is 13.8 Å². The molecule has 4 nitrogen and oxygen atoms in total. The molecule has 0 aromatic heterocycles. The highest BCUT2D eigenvalue weighted by atomic mass is 19.1. The van der Waals surface area contributed by atoms with Crippen LogP contribution in [0.4, 0.5) is 10.1 Å². The van der Waals surface area contributed by atoms with Crippen LogP contribution in [0, 0.1) is 11.2 Å². The average molecular weight is 280 g/mol. The Labute approximate surface area is 118 Å². The second-order valence-corrected chi connectivity index (χ2v) is 5.93. The van der Waals surface area contributed by atoms with Gasteiger partial charge in [-0.3, -0.25) is 9.69 Å². The van der Waals surface area contributed by atoms with Crippen LogP contribution in [-0.4, -0.2) is 48.7 Å². The highest BCUT2D eigenvalue weighted by Crippen LogP contribution is 2.21. The van der Waals surface area contributed by atoms with Crippen LogP contribution >= 0.6 is 0 Å². The first kappa shape index (κ1) is 14.8. The Morgan fingerprint density at radius 1 is 1.20 bits per heavy atom. The minimum atomic E-state index is -0.765. The zero-order valence-corrected chi connectivity index (χ0v) is 12.0. The predicted octanol–water partition coefficient (Wildman–Crippen LogP) is 2.06. The summed E-state index contributed by atoms with van der Waals surface area (Å²) in [6.07, 6.45) is 0. The number of aliphatic carboxylic acids is 1. The molecule has 110 valence electrons. The number of nitrogens with zero attached hydrogens (tertiary/aromatic N) is 2. The second kappa shape index (κ2) is 5.79. The van der Waals surface area contributed by atoms with E-state index in [0.29, 0.717) is 6.54 Å². The summed E-state index contributed by atoms with van der Waals surface area (Å²) in [6.45, 7) is 7.38. The molecule has 1 aromatic carbocycles. The summed E-state index contributed by atoms with van der Waals surface area (Å²) in [5.74, 6) is -0.992. The summed E-state index contributed by atoms with van der Waals surface area (Å²) in [4.78, 5) is 15.5. The third-order valence-corrected chi connectivity index (χ3v) is 3.76. The quantitative estimate of drug-likeness (QED) is 0.917. The van der Waals surface area contributed by atoms with Gasteiger partial charge in [-0.05, 0) is 38.1 Å². The van der Waals surface area contributed by atoms with E-state index < -0.39 is 11.4 Å². The predicted molar refractivity (Wildman–Crippen MR) is 76.5 cm³/mol. The van der Waals surface area contributed by atoms with Crippen molar-refractivity contribution in [2.24, 2.45) is 5.41 Å². The highest BCUT2D eigenvalue weighted by molar-refractivity contribution is 5.73. The van der Waals surface area contributed by atoms with E-state index in [9.17, 15) is 9.18 Å². The zero-order chi connectivity index (χ0) is 14.8. The Hall–Kier alpha value is -1.62. The first-order valence-electron chi connectivity index (χ1n) is 6.85. The topological polar surface area (TPSA) is 43.8 Å². The zero-order valence-electron chi connectivity index (χ0n) is 12.0. The van der Waals surface area contributed by atoms with Crippen LogP contribution in [0.3, 0.4) is 0 Å². The minimum Gasteiger partial charge on any atom is -0.481 e. The molecule has 1 aromatic rings. The molecule has 5 heteroatoms. The lowest BCUT2D eigenvalue weighted by molar-refractivity contribution is -0.148. The highest BCUT2D eigenvalue weighted by Gasteiger charge is 2.31. The van der Waals surface area contributed by atoms with Crippen molar-refractivity contribution in [3.8, 4) is 0 Å². The van der Waals surface area contributed by atoms with Crippen molar-refractivity contribution in [1.82, 2.24) is 4.90 Å². The third-order valence-electron chi connectivity index (χ3n) is 3.76. The molecule has 20 heavy (non-hydrogen) atoms. The first-order chi connectivity index (χ1) is 9.38. The lowest BCUT2D eigenvalue weighted by Crippen LogP contribution is -2.50. The fourth-order valence-electron chi connectivity index (χ4n) is 2.44. The van der Waals surface area contributed by atoms with E-state index in [1.54, 1.807) is 26.0 Å². The van der Waals surface area contributed by atoms with Gasteiger partial charge in [-0.15, -0.1) is 0 Å². The van der Waals surface area contributed by atoms with Gasteiger partial charge in [0.05, 0.1) is 5.41 Å². The van der Waals surface area contributed by atoms with Crippen LogP contribution in [0.1, 0.15) is 13.8 Å². The Morgan fingerprint density at radius 2 is 1.75 bits per heavy atom. The Kier molecular flexibility index (Phi) is 4.28. The molecule has 1 aliphatic rings. The summed E-state index contributed by atoms with van der Waals surface area (Å²) < 4.78 is 12.9. The number of piperazine rings is 1. The molecular formula is C15H21FN2O2. The smallest absolute Gasteiger partial charge is 0.310 e.